The van der Waals surface area contributed by atoms with Crippen LogP contribution in [0, 0.1) is 0 Å². The Balaban J connectivity index is 1.94. The normalized spacial score (nSPS) is 20.9. The molecule has 0 spiro atoms. The molecule has 2 aliphatic rings. The first-order valence-corrected chi connectivity index (χ1v) is 6.00. The van der Waals surface area contributed by atoms with E-state index in [9.17, 15) is 0 Å². The van der Waals surface area contributed by atoms with Gasteiger partial charge in [0, 0.05) is 29.5 Å². The molecule has 0 radical (unpaired) electrons. The van der Waals surface area contributed by atoms with E-state index in [-0.39, 0.29) is 0 Å². The van der Waals surface area contributed by atoms with E-state index >= 15 is 0 Å². The van der Waals surface area contributed by atoms with Gasteiger partial charge in [0.05, 0.1) is 0 Å². The number of fused-ring (bicyclic) bond motifs is 1. The van der Waals surface area contributed by atoms with Gasteiger partial charge in [0.25, 0.3) is 0 Å². The predicted octanol–water partition coefficient (Wildman–Crippen LogP) is 2.57. The zero-order chi connectivity index (χ0) is 10.3. The summed E-state index contributed by atoms with van der Waals surface area (Å²) in [5.74, 6) is 0. The summed E-state index contributed by atoms with van der Waals surface area (Å²) in [6, 6.07) is 7.13. The molecule has 1 fully saturated rings. The molecule has 0 saturated heterocycles. The van der Waals surface area contributed by atoms with Crippen LogP contribution in [0.2, 0.25) is 0 Å². The van der Waals surface area contributed by atoms with Crippen LogP contribution in [0.5, 0.6) is 0 Å². The van der Waals surface area contributed by atoms with Crippen LogP contribution in [0.4, 0.5) is 11.4 Å². The van der Waals surface area contributed by atoms with Crippen molar-refractivity contribution in [3.63, 3.8) is 0 Å². The summed E-state index contributed by atoms with van der Waals surface area (Å²) in [5.41, 5.74) is 9.77. The van der Waals surface area contributed by atoms with Crippen molar-refractivity contribution in [2.45, 2.75) is 38.1 Å². The number of nitrogens with two attached hydrogens (primary N) is 1. The molecule has 1 saturated carbocycles. The molecular weight excluding hydrogens is 184 g/mol. The van der Waals surface area contributed by atoms with Gasteiger partial charge in [-0.2, -0.15) is 0 Å². The fourth-order valence-electron chi connectivity index (χ4n) is 3.08. The quantitative estimate of drug-likeness (QED) is 0.709. The van der Waals surface area contributed by atoms with E-state index in [0.717, 1.165) is 18.2 Å². The highest BCUT2D eigenvalue weighted by Gasteiger charge is 2.28. The molecule has 1 aliphatic heterocycles. The van der Waals surface area contributed by atoms with E-state index in [0.29, 0.717) is 0 Å². The molecule has 0 bridgehead atoms. The molecule has 3 rings (SSSR count). The number of hydrogen-bond acceptors (Lipinski definition) is 2. The fraction of sp³-hybridized carbons (Fsp3) is 0.538. The number of rotatable bonds is 1. The summed E-state index contributed by atoms with van der Waals surface area (Å²) >= 11 is 0. The second-order valence-corrected chi connectivity index (χ2v) is 4.73. The maximum atomic E-state index is 6.01. The standard InChI is InChI=1S/C13H18N2/c14-12-6-3-7-13-11(12)8-9-15(13)10-4-1-2-5-10/h3,6-7,10H,1-2,4-5,8-9,14H2. The lowest BCUT2D eigenvalue weighted by molar-refractivity contribution is 0.625. The zero-order valence-electron chi connectivity index (χ0n) is 9.08. The number of hydrogen-bond donors (Lipinski definition) is 1. The van der Waals surface area contributed by atoms with Gasteiger partial charge in [0.15, 0.2) is 0 Å². The van der Waals surface area contributed by atoms with Crippen LogP contribution >= 0.6 is 0 Å². The highest BCUT2D eigenvalue weighted by molar-refractivity contribution is 5.68. The SMILES string of the molecule is Nc1cccc2c1CCN2C1CCCC1. The number of nitrogen functional groups attached to an aromatic ring is 1. The number of benzene rings is 1. The van der Waals surface area contributed by atoms with Crippen molar-refractivity contribution >= 4 is 11.4 Å². The van der Waals surface area contributed by atoms with Gasteiger partial charge in [-0.3, -0.25) is 0 Å². The smallest absolute Gasteiger partial charge is 0.0422 e. The molecule has 0 atom stereocenters. The van der Waals surface area contributed by atoms with E-state index in [1.54, 1.807) is 0 Å². The van der Waals surface area contributed by atoms with Gasteiger partial charge < -0.3 is 10.6 Å². The maximum Gasteiger partial charge on any atom is 0.0422 e. The number of anilines is 2. The lowest BCUT2D eigenvalue weighted by Gasteiger charge is -2.26. The van der Waals surface area contributed by atoms with Crippen LogP contribution in [0.3, 0.4) is 0 Å². The van der Waals surface area contributed by atoms with Crippen molar-refractivity contribution in [1.82, 2.24) is 0 Å². The Labute approximate surface area is 91.1 Å². The van der Waals surface area contributed by atoms with Crippen molar-refractivity contribution < 1.29 is 0 Å². The Morgan fingerprint density at radius 2 is 2.00 bits per heavy atom. The van der Waals surface area contributed by atoms with Crippen LogP contribution < -0.4 is 10.6 Å². The molecule has 0 amide bonds. The summed E-state index contributed by atoms with van der Waals surface area (Å²) in [7, 11) is 0. The van der Waals surface area contributed by atoms with E-state index < -0.39 is 0 Å². The zero-order valence-corrected chi connectivity index (χ0v) is 9.08. The van der Waals surface area contributed by atoms with Crippen molar-refractivity contribution in [1.29, 1.82) is 0 Å². The van der Waals surface area contributed by atoms with Gasteiger partial charge in [0.1, 0.15) is 0 Å². The van der Waals surface area contributed by atoms with Crippen molar-refractivity contribution in [2.24, 2.45) is 0 Å². The van der Waals surface area contributed by atoms with E-state index in [2.05, 4.69) is 17.0 Å². The van der Waals surface area contributed by atoms with E-state index in [1.165, 1.54) is 43.5 Å². The third-order valence-electron chi connectivity index (χ3n) is 3.87. The van der Waals surface area contributed by atoms with Crippen molar-refractivity contribution in [3.05, 3.63) is 23.8 Å². The largest absolute Gasteiger partial charge is 0.398 e. The molecule has 2 nitrogen and oxygen atoms in total. The van der Waals surface area contributed by atoms with Crippen molar-refractivity contribution in [2.75, 3.05) is 17.2 Å². The molecule has 1 aliphatic carbocycles. The molecule has 0 aromatic heterocycles. The summed E-state index contributed by atoms with van der Waals surface area (Å²) < 4.78 is 0. The molecule has 2 heteroatoms. The second kappa shape index (κ2) is 3.44. The van der Waals surface area contributed by atoms with Crippen LogP contribution in [0.1, 0.15) is 31.2 Å². The maximum absolute atomic E-state index is 6.01. The third kappa shape index (κ3) is 1.39. The first kappa shape index (κ1) is 9.08. The molecule has 2 N–H and O–H groups in total. The summed E-state index contributed by atoms with van der Waals surface area (Å²) in [5, 5.41) is 0. The average Bonchev–Trinajstić information content (AvgIpc) is 2.85. The summed E-state index contributed by atoms with van der Waals surface area (Å²) in [4.78, 5) is 2.58. The molecule has 1 aromatic rings. The Bertz CT molecular complexity index is 367. The summed E-state index contributed by atoms with van der Waals surface area (Å²) in [6.07, 6.45) is 6.68. The minimum absolute atomic E-state index is 0.785. The highest BCUT2D eigenvalue weighted by atomic mass is 15.2. The third-order valence-corrected chi connectivity index (χ3v) is 3.87. The van der Waals surface area contributed by atoms with E-state index in [4.69, 9.17) is 5.73 Å². The van der Waals surface area contributed by atoms with Crippen molar-refractivity contribution in [3.8, 4) is 0 Å². The predicted molar refractivity (Wildman–Crippen MR) is 64.2 cm³/mol. The van der Waals surface area contributed by atoms with Gasteiger partial charge in [-0.25, -0.2) is 0 Å². The molecular formula is C13H18N2. The lowest BCUT2D eigenvalue weighted by Crippen LogP contribution is -2.31. The van der Waals surface area contributed by atoms with Crippen LogP contribution in [0.25, 0.3) is 0 Å². The molecule has 80 valence electrons. The van der Waals surface area contributed by atoms with Crippen LogP contribution in [-0.4, -0.2) is 12.6 Å². The molecule has 0 unspecified atom stereocenters. The first-order chi connectivity index (χ1) is 7.36. The minimum atomic E-state index is 0.785. The van der Waals surface area contributed by atoms with E-state index in [1.807, 2.05) is 6.07 Å². The second-order valence-electron chi connectivity index (χ2n) is 4.73. The molecule has 1 aromatic carbocycles. The number of nitrogens with zero attached hydrogens (tertiary/aromatic N) is 1. The van der Waals surface area contributed by atoms with Gasteiger partial charge in [-0.15, -0.1) is 0 Å². The Hall–Kier alpha value is -1.18. The topological polar surface area (TPSA) is 29.3 Å². The first-order valence-electron chi connectivity index (χ1n) is 6.00. The monoisotopic (exact) mass is 202 g/mol. The Kier molecular flexibility index (Phi) is 2.08. The molecule has 1 heterocycles. The molecule has 15 heavy (non-hydrogen) atoms. The Morgan fingerprint density at radius 1 is 1.20 bits per heavy atom. The fourth-order valence-corrected chi connectivity index (χ4v) is 3.08. The van der Waals surface area contributed by atoms with Gasteiger partial charge in [0.2, 0.25) is 0 Å². The highest BCUT2D eigenvalue weighted by Crippen LogP contribution is 2.37. The van der Waals surface area contributed by atoms with Crippen LogP contribution in [-0.2, 0) is 6.42 Å². The summed E-state index contributed by atoms with van der Waals surface area (Å²) in [6.45, 7) is 1.17. The van der Waals surface area contributed by atoms with Crippen LogP contribution in [0.15, 0.2) is 18.2 Å². The average molecular weight is 202 g/mol. The van der Waals surface area contributed by atoms with Gasteiger partial charge >= 0.3 is 0 Å². The Morgan fingerprint density at radius 3 is 2.80 bits per heavy atom. The lowest BCUT2D eigenvalue weighted by atomic mass is 10.1. The van der Waals surface area contributed by atoms with Gasteiger partial charge in [-0.1, -0.05) is 18.9 Å². The minimum Gasteiger partial charge on any atom is -0.398 e. The van der Waals surface area contributed by atoms with Gasteiger partial charge in [-0.05, 0) is 31.4 Å².